The topological polar surface area (TPSA) is 79.0 Å². The molecule has 7 heteroatoms. The van der Waals surface area contributed by atoms with Crippen molar-refractivity contribution in [2.75, 3.05) is 6.54 Å². The van der Waals surface area contributed by atoms with Gasteiger partial charge in [-0.25, -0.2) is 13.4 Å². The van der Waals surface area contributed by atoms with Crippen LogP contribution in [0.25, 0.3) is 6.08 Å². The van der Waals surface area contributed by atoms with Gasteiger partial charge >= 0.3 is 0 Å². The number of nitrogens with one attached hydrogen (secondary N) is 1. The molecule has 6 nitrogen and oxygen atoms in total. The van der Waals surface area contributed by atoms with Crippen LogP contribution < -0.4 is 0 Å². The lowest BCUT2D eigenvalue weighted by atomic mass is 9.98. The first kappa shape index (κ1) is 14.6. The van der Waals surface area contributed by atoms with Crippen LogP contribution in [0.2, 0.25) is 0 Å². The van der Waals surface area contributed by atoms with E-state index < -0.39 is 10.0 Å². The average molecular weight is 330 g/mol. The highest BCUT2D eigenvalue weighted by molar-refractivity contribution is 7.93. The van der Waals surface area contributed by atoms with E-state index >= 15 is 0 Å². The third kappa shape index (κ3) is 2.49. The number of benzene rings is 1. The zero-order valence-electron chi connectivity index (χ0n) is 12.6. The lowest BCUT2D eigenvalue weighted by Gasteiger charge is -2.25. The SMILES string of the molecule is O=S(=O)(C1=Cc2ccccc2CC1)N1CCC[C@H]1c1ncn[nH]1. The number of fused-ring (bicyclic) bond motifs is 1. The second-order valence-corrected chi connectivity index (χ2v) is 7.90. The molecule has 0 amide bonds. The van der Waals surface area contributed by atoms with Gasteiger partial charge in [-0.1, -0.05) is 24.3 Å². The second-order valence-electron chi connectivity index (χ2n) is 5.95. The van der Waals surface area contributed by atoms with Crippen LogP contribution in [0, 0.1) is 0 Å². The van der Waals surface area contributed by atoms with Gasteiger partial charge in [0.15, 0.2) is 0 Å². The molecule has 2 aliphatic rings. The van der Waals surface area contributed by atoms with Crippen LogP contribution >= 0.6 is 0 Å². The summed E-state index contributed by atoms with van der Waals surface area (Å²) in [7, 11) is -3.47. The Hall–Kier alpha value is -1.99. The maximum Gasteiger partial charge on any atom is 0.239 e. The summed E-state index contributed by atoms with van der Waals surface area (Å²) >= 11 is 0. The van der Waals surface area contributed by atoms with Gasteiger partial charge in [-0.3, -0.25) is 5.10 Å². The summed E-state index contributed by atoms with van der Waals surface area (Å²) in [5.41, 5.74) is 2.22. The summed E-state index contributed by atoms with van der Waals surface area (Å²) in [5, 5.41) is 6.67. The van der Waals surface area contributed by atoms with Gasteiger partial charge in [-0.2, -0.15) is 9.40 Å². The molecule has 0 unspecified atom stereocenters. The van der Waals surface area contributed by atoms with Gasteiger partial charge in [0.2, 0.25) is 10.0 Å². The van der Waals surface area contributed by atoms with Gasteiger partial charge in [0.05, 0.1) is 10.9 Å². The Bertz CT molecular complexity index is 843. The fourth-order valence-electron chi connectivity index (χ4n) is 3.44. The number of hydrogen-bond donors (Lipinski definition) is 1. The minimum absolute atomic E-state index is 0.236. The highest BCUT2D eigenvalue weighted by atomic mass is 32.2. The summed E-state index contributed by atoms with van der Waals surface area (Å²) in [5.74, 6) is 0.628. The lowest BCUT2D eigenvalue weighted by molar-refractivity contribution is 0.387. The maximum atomic E-state index is 13.1. The molecule has 2 aromatic rings. The molecule has 1 N–H and O–H groups in total. The number of nitrogens with zero attached hydrogens (tertiary/aromatic N) is 3. The van der Waals surface area contributed by atoms with Crippen molar-refractivity contribution in [3.63, 3.8) is 0 Å². The number of sulfonamides is 1. The van der Waals surface area contributed by atoms with E-state index in [9.17, 15) is 8.42 Å². The molecular weight excluding hydrogens is 312 g/mol. The molecule has 0 spiro atoms. The summed E-state index contributed by atoms with van der Waals surface area (Å²) < 4.78 is 27.8. The molecule has 120 valence electrons. The highest BCUT2D eigenvalue weighted by Gasteiger charge is 2.39. The van der Waals surface area contributed by atoms with Crippen LogP contribution in [0.5, 0.6) is 0 Å². The lowest BCUT2D eigenvalue weighted by Crippen LogP contribution is -2.32. The minimum atomic E-state index is -3.47. The summed E-state index contributed by atoms with van der Waals surface area (Å²) in [6.45, 7) is 0.534. The van der Waals surface area contributed by atoms with Crippen molar-refractivity contribution >= 4 is 16.1 Å². The third-order valence-corrected chi connectivity index (χ3v) is 6.64. The molecule has 2 heterocycles. The predicted octanol–water partition coefficient (Wildman–Crippen LogP) is 2.26. The number of H-pyrrole nitrogens is 1. The van der Waals surface area contributed by atoms with E-state index in [2.05, 4.69) is 21.2 Å². The summed E-state index contributed by atoms with van der Waals surface area (Å²) in [6.07, 6.45) is 6.19. The summed E-state index contributed by atoms with van der Waals surface area (Å²) in [4.78, 5) is 4.65. The Balaban J connectivity index is 1.70. The van der Waals surface area contributed by atoms with E-state index in [0.717, 1.165) is 24.8 Å². The van der Waals surface area contributed by atoms with E-state index in [1.165, 1.54) is 11.9 Å². The largest absolute Gasteiger partial charge is 0.262 e. The van der Waals surface area contributed by atoms with Crippen molar-refractivity contribution in [3.05, 3.63) is 52.4 Å². The molecule has 1 aliphatic heterocycles. The van der Waals surface area contributed by atoms with Crippen molar-refractivity contribution < 1.29 is 8.42 Å². The quantitative estimate of drug-likeness (QED) is 0.936. The smallest absolute Gasteiger partial charge is 0.239 e. The Kier molecular flexibility index (Phi) is 3.54. The minimum Gasteiger partial charge on any atom is -0.262 e. The number of aromatic amines is 1. The Morgan fingerprint density at radius 2 is 2.09 bits per heavy atom. The number of aromatic nitrogens is 3. The van der Waals surface area contributed by atoms with E-state index in [1.54, 1.807) is 4.31 Å². The Morgan fingerprint density at radius 1 is 1.22 bits per heavy atom. The van der Waals surface area contributed by atoms with Gasteiger partial charge < -0.3 is 0 Å². The number of allylic oxidation sites excluding steroid dienone is 1. The van der Waals surface area contributed by atoms with Crippen molar-refractivity contribution in [2.45, 2.75) is 31.7 Å². The predicted molar refractivity (Wildman–Crippen MR) is 86.7 cm³/mol. The standard InChI is InChI=1S/C16H18N4O2S/c21-23(22,14-8-7-12-4-1-2-5-13(12)10-14)20-9-3-6-15(20)16-17-11-18-19-16/h1-2,4-5,10-11,15H,3,6-9H2,(H,17,18,19)/t15-/m0/s1. The fourth-order valence-corrected chi connectivity index (χ4v) is 5.28. The van der Waals surface area contributed by atoms with E-state index in [1.807, 2.05) is 24.3 Å². The van der Waals surface area contributed by atoms with E-state index in [-0.39, 0.29) is 6.04 Å². The van der Waals surface area contributed by atoms with E-state index in [4.69, 9.17) is 0 Å². The third-order valence-electron chi connectivity index (χ3n) is 4.61. The van der Waals surface area contributed by atoms with Gasteiger partial charge in [-0.05, 0) is 42.9 Å². The van der Waals surface area contributed by atoms with Gasteiger partial charge in [0, 0.05) is 6.54 Å². The fraction of sp³-hybridized carbons (Fsp3) is 0.375. The van der Waals surface area contributed by atoms with Crippen LogP contribution in [0.1, 0.15) is 42.3 Å². The zero-order chi connectivity index (χ0) is 15.9. The van der Waals surface area contributed by atoms with Crippen LogP contribution in [-0.4, -0.2) is 34.4 Å². The van der Waals surface area contributed by atoms with Crippen LogP contribution in [0.3, 0.4) is 0 Å². The Morgan fingerprint density at radius 3 is 2.91 bits per heavy atom. The molecule has 1 aromatic carbocycles. The molecule has 1 fully saturated rings. The first-order valence-electron chi connectivity index (χ1n) is 7.82. The first-order chi connectivity index (χ1) is 11.2. The van der Waals surface area contributed by atoms with Crippen molar-refractivity contribution in [2.24, 2.45) is 0 Å². The normalized spacial score (nSPS) is 21.9. The molecule has 1 atom stereocenters. The van der Waals surface area contributed by atoms with Gasteiger partial charge in [-0.15, -0.1) is 0 Å². The Labute approximate surface area is 135 Å². The molecule has 0 saturated carbocycles. The first-order valence-corrected chi connectivity index (χ1v) is 9.26. The second kappa shape index (κ2) is 5.58. The van der Waals surface area contributed by atoms with Crippen LogP contribution in [0.15, 0.2) is 35.5 Å². The molecule has 4 rings (SSSR count). The molecule has 23 heavy (non-hydrogen) atoms. The molecule has 1 aliphatic carbocycles. The maximum absolute atomic E-state index is 13.1. The monoisotopic (exact) mass is 330 g/mol. The van der Waals surface area contributed by atoms with Crippen molar-refractivity contribution in [3.8, 4) is 0 Å². The van der Waals surface area contributed by atoms with Gasteiger partial charge in [0.25, 0.3) is 0 Å². The van der Waals surface area contributed by atoms with Crippen LogP contribution in [0.4, 0.5) is 0 Å². The van der Waals surface area contributed by atoms with Crippen molar-refractivity contribution in [1.82, 2.24) is 19.5 Å². The average Bonchev–Trinajstić information content (AvgIpc) is 3.25. The molecule has 1 saturated heterocycles. The zero-order valence-corrected chi connectivity index (χ0v) is 13.5. The van der Waals surface area contributed by atoms with E-state index in [0.29, 0.717) is 23.7 Å². The number of aryl methyl sites for hydroxylation is 1. The van der Waals surface area contributed by atoms with Crippen LogP contribution in [-0.2, 0) is 16.4 Å². The number of rotatable bonds is 3. The summed E-state index contributed by atoms with van der Waals surface area (Å²) in [6, 6.07) is 7.73. The molecule has 1 aromatic heterocycles. The molecular formula is C16H18N4O2S. The highest BCUT2D eigenvalue weighted by Crippen LogP contribution is 2.37. The van der Waals surface area contributed by atoms with Crippen molar-refractivity contribution in [1.29, 1.82) is 0 Å². The molecule has 0 bridgehead atoms. The molecule has 0 radical (unpaired) electrons. The van der Waals surface area contributed by atoms with Gasteiger partial charge in [0.1, 0.15) is 12.2 Å². The number of hydrogen-bond acceptors (Lipinski definition) is 4.